The van der Waals surface area contributed by atoms with E-state index in [0.29, 0.717) is 35.4 Å². The minimum atomic E-state index is -1.24. The van der Waals surface area contributed by atoms with Crippen molar-refractivity contribution in [3.05, 3.63) is 252 Å². The largest absolute Gasteiger partial charge is 0.477 e. The molecule has 4 heterocycles. The van der Waals surface area contributed by atoms with Gasteiger partial charge in [-0.05, 0) is 131 Å². The Bertz CT molecular complexity index is 4220. The van der Waals surface area contributed by atoms with Gasteiger partial charge < -0.3 is 31.7 Å². The highest BCUT2D eigenvalue weighted by atomic mass is 19.1. The number of benzene rings is 5. The number of amides is 5. The van der Waals surface area contributed by atoms with Crippen LogP contribution < -0.4 is 26.6 Å². The van der Waals surface area contributed by atoms with Crippen molar-refractivity contribution in [1.82, 2.24) is 77.1 Å². The number of carboxylic acid groups (broad SMARTS) is 1. The van der Waals surface area contributed by atoms with Crippen molar-refractivity contribution < 1.29 is 47.0 Å². The standard InChI is InChI=1S/C25H23FN8O2.C25H22FN5O2.C14H12FN3O3/c1-14-8-16(3-6-19(14)26)12-27-24(35)21-11-22(29-13-28-21)25(36)30-20-7-4-17-9-15(2-5-18(17)20)10-23-31-33-34-32-23;1-15-10-17(3-6-20(15)26)13-28-24(32)22-12-23(30-14-29-22)25(33)31-21-7-4-18-11-16(8-9-27)2-5-19(18)21;1-8-4-9(2-3-10(8)15)6-16-13(19)11-5-12(14(20)21)18-7-17-11/h2-3,5-6,8-9,11,13,20H,4,7,10,12H2,1H3,(H,27,35)(H,30,36)(H,31,32,33,34);2-3,5-6,10-12,14,21H,4,7-8,13H2,1H3,(H,28,32)(H,31,33);2-5,7H,6H2,1H3,(H,16,19)(H,20,21)/t20-;21-;/m00./s1. The van der Waals surface area contributed by atoms with Crippen molar-refractivity contribution in [1.29, 1.82) is 5.26 Å². The van der Waals surface area contributed by atoms with Crippen LogP contribution in [0.5, 0.6) is 0 Å². The van der Waals surface area contributed by atoms with Crippen molar-refractivity contribution in [2.24, 2.45) is 0 Å². The molecule has 0 unspecified atom stereocenters. The van der Waals surface area contributed by atoms with Crippen molar-refractivity contribution in [3.63, 3.8) is 0 Å². The second-order valence-electron chi connectivity index (χ2n) is 21.0. The van der Waals surface area contributed by atoms with Gasteiger partial charge >= 0.3 is 5.97 Å². The van der Waals surface area contributed by atoms with E-state index in [2.05, 4.69) is 89.2 Å². The van der Waals surface area contributed by atoms with E-state index >= 15 is 0 Å². The SMILES string of the molecule is Cc1cc(CNC(=O)c2cc(C(=O)N[C@H]3CCc4cc(CC#N)ccc43)ncn2)ccc1F.Cc1cc(CNC(=O)c2cc(C(=O)N[C@H]3CCc4cc(Cc5nn[nH]n5)ccc43)ncn2)ccc1F.Cc1cc(CNC(=O)c2cc(C(=O)O)ncn2)ccc1F. The summed E-state index contributed by atoms with van der Waals surface area (Å²) in [6.45, 7) is 5.55. The Hall–Kier alpha value is -11.5. The number of H-pyrrole nitrogens is 1. The monoisotopic (exact) mass is 1220 g/mol. The maximum Gasteiger partial charge on any atom is 0.354 e. The lowest BCUT2D eigenvalue weighted by atomic mass is 10.0. The van der Waals surface area contributed by atoms with Crippen molar-refractivity contribution in [3.8, 4) is 6.07 Å². The number of aromatic amines is 1. The first-order chi connectivity index (χ1) is 43.4. The Morgan fingerprint density at radius 2 is 0.889 bits per heavy atom. The molecule has 90 heavy (non-hydrogen) atoms. The van der Waals surface area contributed by atoms with E-state index in [1.54, 1.807) is 57.2 Å². The van der Waals surface area contributed by atoms with Gasteiger partial charge in [0.25, 0.3) is 29.5 Å². The number of nitrogens with one attached hydrogen (secondary N) is 6. The quantitative estimate of drug-likeness (QED) is 0.0471. The molecule has 0 spiro atoms. The fourth-order valence-electron chi connectivity index (χ4n) is 9.94. The highest BCUT2D eigenvalue weighted by Gasteiger charge is 2.28. The van der Waals surface area contributed by atoms with E-state index in [-0.39, 0.29) is 95.1 Å². The molecule has 9 aromatic rings. The van der Waals surface area contributed by atoms with Gasteiger partial charge in [0.15, 0.2) is 11.5 Å². The smallest absolute Gasteiger partial charge is 0.354 e. The third-order valence-electron chi connectivity index (χ3n) is 14.6. The van der Waals surface area contributed by atoms with Crippen LogP contribution in [0.1, 0.15) is 160 Å². The number of nitriles is 1. The summed E-state index contributed by atoms with van der Waals surface area (Å²) in [6, 6.07) is 31.4. The maximum absolute atomic E-state index is 13.4. The number of nitrogens with zero attached hydrogens (tertiary/aromatic N) is 10. The number of rotatable bonds is 17. The molecule has 23 nitrogen and oxygen atoms in total. The predicted molar refractivity (Wildman–Crippen MR) is 316 cm³/mol. The number of aromatic carboxylic acids is 1. The molecule has 2 aliphatic carbocycles. The number of hydrogen-bond donors (Lipinski definition) is 7. The van der Waals surface area contributed by atoms with Crippen LogP contribution in [0.4, 0.5) is 13.2 Å². The molecular formula is C64H57F3N16O7. The van der Waals surface area contributed by atoms with E-state index in [0.717, 1.165) is 82.6 Å². The second-order valence-corrected chi connectivity index (χ2v) is 21.0. The van der Waals surface area contributed by atoms with Gasteiger partial charge in [-0.1, -0.05) is 78.0 Å². The number of carbonyl (C=O) groups excluding carboxylic acids is 5. The Morgan fingerprint density at radius 1 is 0.511 bits per heavy atom. The first-order valence-corrected chi connectivity index (χ1v) is 28.1. The van der Waals surface area contributed by atoms with E-state index in [1.807, 2.05) is 30.3 Å². The molecule has 7 N–H and O–H groups in total. The van der Waals surface area contributed by atoms with Gasteiger partial charge in [-0.2, -0.15) is 10.5 Å². The minimum absolute atomic E-state index is 0.0405. The van der Waals surface area contributed by atoms with Crippen LogP contribution in [-0.2, 0) is 45.3 Å². The summed E-state index contributed by atoms with van der Waals surface area (Å²) in [4.78, 5) is 96.7. The molecular weight excluding hydrogens is 1160 g/mol. The molecule has 0 radical (unpaired) electrons. The molecule has 0 aliphatic heterocycles. The number of aryl methyl sites for hydroxylation is 5. The molecule has 456 valence electrons. The number of aromatic nitrogens is 10. The fraction of sp³-hybridized carbons (Fsp3) is 0.219. The van der Waals surface area contributed by atoms with Gasteiger partial charge in [-0.25, -0.2) is 47.9 Å². The van der Waals surface area contributed by atoms with Gasteiger partial charge in [-0.15, -0.1) is 10.2 Å². The number of carbonyl (C=O) groups is 6. The Balaban J connectivity index is 0.000000166. The molecule has 0 saturated heterocycles. The lowest BCUT2D eigenvalue weighted by Gasteiger charge is -2.14. The number of carboxylic acids is 1. The van der Waals surface area contributed by atoms with Crippen LogP contribution in [0.2, 0.25) is 0 Å². The summed E-state index contributed by atoms with van der Waals surface area (Å²) in [6.07, 6.45) is 7.50. The maximum atomic E-state index is 13.4. The van der Waals surface area contributed by atoms with Crippen LogP contribution in [0.3, 0.4) is 0 Å². The van der Waals surface area contributed by atoms with Crippen molar-refractivity contribution in [2.75, 3.05) is 0 Å². The minimum Gasteiger partial charge on any atom is -0.477 e. The zero-order valence-corrected chi connectivity index (χ0v) is 48.6. The Morgan fingerprint density at radius 3 is 1.28 bits per heavy atom. The van der Waals surface area contributed by atoms with Crippen LogP contribution in [0, 0.1) is 49.6 Å². The predicted octanol–water partition coefficient (Wildman–Crippen LogP) is 7.27. The average molecular weight is 1220 g/mol. The molecule has 0 bridgehead atoms. The van der Waals surface area contributed by atoms with Crippen LogP contribution in [-0.4, -0.2) is 91.1 Å². The Labute approximate surface area is 512 Å². The van der Waals surface area contributed by atoms with E-state index in [9.17, 15) is 41.9 Å². The topological polar surface area (TPSA) is 338 Å². The third-order valence-corrected chi connectivity index (χ3v) is 14.6. The van der Waals surface area contributed by atoms with Gasteiger partial charge in [0.2, 0.25) is 0 Å². The molecule has 4 aromatic heterocycles. The molecule has 5 amide bonds. The molecule has 5 aromatic carbocycles. The van der Waals surface area contributed by atoms with Crippen molar-refractivity contribution >= 4 is 35.5 Å². The molecule has 0 fully saturated rings. The molecule has 26 heteroatoms. The van der Waals surface area contributed by atoms with E-state index in [1.165, 1.54) is 48.5 Å². The van der Waals surface area contributed by atoms with Gasteiger partial charge in [-0.3, -0.25) is 24.0 Å². The fourth-order valence-corrected chi connectivity index (χ4v) is 9.94. The molecule has 2 aliphatic rings. The summed E-state index contributed by atoms with van der Waals surface area (Å²) in [5.74, 6) is -3.73. The average Bonchev–Trinajstić information content (AvgIpc) is 1.85. The number of fused-ring (bicyclic) bond motifs is 2. The lowest BCUT2D eigenvalue weighted by molar-refractivity contribution is 0.0689. The zero-order chi connectivity index (χ0) is 63.8. The van der Waals surface area contributed by atoms with Crippen LogP contribution in [0.15, 0.2) is 128 Å². The summed E-state index contributed by atoms with van der Waals surface area (Å²) in [7, 11) is 0. The number of hydrogen-bond acceptors (Lipinski definition) is 16. The van der Waals surface area contributed by atoms with Gasteiger partial charge in [0.05, 0.1) is 24.6 Å². The lowest BCUT2D eigenvalue weighted by Crippen LogP contribution is -2.29. The highest BCUT2D eigenvalue weighted by molar-refractivity contribution is 5.98. The summed E-state index contributed by atoms with van der Waals surface area (Å²) in [5, 5.41) is 45.7. The molecule has 2 atom stereocenters. The highest BCUT2D eigenvalue weighted by Crippen LogP contribution is 2.34. The normalized spacial score (nSPS) is 13.3. The first kappa shape index (κ1) is 63.0. The van der Waals surface area contributed by atoms with Gasteiger partial charge in [0.1, 0.15) is 64.9 Å². The summed E-state index contributed by atoms with van der Waals surface area (Å²) < 4.78 is 40.0. The Kier molecular flexibility index (Phi) is 20.5. The molecule has 0 saturated carbocycles. The van der Waals surface area contributed by atoms with Crippen LogP contribution in [0.25, 0.3) is 0 Å². The van der Waals surface area contributed by atoms with E-state index < -0.39 is 23.7 Å². The number of halogens is 3. The van der Waals surface area contributed by atoms with Gasteiger partial charge in [0, 0.05) is 44.3 Å². The zero-order valence-electron chi connectivity index (χ0n) is 48.6. The van der Waals surface area contributed by atoms with E-state index in [4.69, 9.17) is 10.4 Å². The summed E-state index contributed by atoms with van der Waals surface area (Å²) >= 11 is 0. The van der Waals surface area contributed by atoms with Crippen LogP contribution >= 0.6 is 0 Å². The van der Waals surface area contributed by atoms with Crippen molar-refractivity contribution in [2.45, 2.75) is 91.0 Å². The molecule has 11 rings (SSSR count). The first-order valence-electron chi connectivity index (χ1n) is 28.1. The number of tetrazole rings is 1. The third kappa shape index (κ3) is 16.5. The second kappa shape index (κ2) is 29.3. The summed E-state index contributed by atoms with van der Waals surface area (Å²) in [5.41, 5.74) is 10.2.